The van der Waals surface area contributed by atoms with Gasteiger partial charge in [-0.1, -0.05) is 12.1 Å². The molecule has 16 heavy (non-hydrogen) atoms. The first-order valence-corrected chi connectivity index (χ1v) is 4.99. The third kappa shape index (κ3) is 2.08. The minimum absolute atomic E-state index is 0.414. The highest BCUT2D eigenvalue weighted by Crippen LogP contribution is 2.20. The second-order valence-electron chi connectivity index (χ2n) is 3.70. The molecule has 0 bridgehead atoms. The SMILES string of the molecule is Cc1cncc(-c2cccc(C(N)=O)c2)c1. The first-order valence-electron chi connectivity index (χ1n) is 4.99. The Balaban J connectivity index is 2.48. The molecule has 0 aliphatic rings. The van der Waals surface area contributed by atoms with Gasteiger partial charge in [0.15, 0.2) is 0 Å². The average molecular weight is 212 g/mol. The average Bonchev–Trinajstić information content (AvgIpc) is 2.29. The van der Waals surface area contributed by atoms with E-state index in [1.807, 2.05) is 25.1 Å². The number of rotatable bonds is 2. The fourth-order valence-corrected chi connectivity index (χ4v) is 1.56. The molecule has 2 aromatic rings. The molecule has 0 saturated carbocycles. The summed E-state index contributed by atoms with van der Waals surface area (Å²) in [5.41, 5.74) is 8.77. The summed E-state index contributed by atoms with van der Waals surface area (Å²) in [6.45, 7) is 1.98. The van der Waals surface area contributed by atoms with Crippen LogP contribution in [-0.2, 0) is 0 Å². The number of primary amides is 1. The largest absolute Gasteiger partial charge is 0.366 e. The Kier molecular flexibility index (Phi) is 2.68. The molecule has 0 aliphatic carbocycles. The van der Waals surface area contributed by atoms with Crippen molar-refractivity contribution in [3.05, 3.63) is 53.9 Å². The van der Waals surface area contributed by atoms with Crippen molar-refractivity contribution >= 4 is 5.91 Å². The van der Waals surface area contributed by atoms with Crippen molar-refractivity contribution in [3.8, 4) is 11.1 Å². The van der Waals surface area contributed by atoms with Crippen LogP contribution in [0.4, 0.5) is 0 Å². The van der Waals surface area contributed by atoms with Gasteiger partial charge in [-0.15, -0.1) is 0 Å². The smallest absolute Gasteiger partial charge is 0.248 e. The van der Waals surface area contributed by atoms with Crippen molar-refractivity contribution in [1.29, 1.82) is 0 Å². The van der Waals surface area contributed by atoms with Gasteiger partial charge in [0.1, 0.15) is 0 Å². The fraction of sp³-hybridized carbons (Fsp3) is 0.0769. The van der Waals surface area contributed by atoms with Gasteiger partial charge in [-0.05, 0) is 36.2 Å². The summed E-state index contributed by atoms with van der Waals surface area (Å²) in [7, 11) is 0. The summed E-state index contributed by atoms with van der Waals surface area (Å²) >= 11 is 0. The van der Waals surface area contributed by atoms with Crippen LogP contribution in [-0.4, -0.2) is 10.9 Å². The van der Waals surface area contributed by atoms with Crippen LogP contribution >= 0.6 is 0 Å². The maximum absolute atomic E-state index is 11.1. The molecule has 2 N–H and O–H groups in total. The summed E-state index contributed by atoms with van der Waals surface area (Å²) in [6, 6.07) is 9.25. The first kappa shape index (κ1) is 10.4. The van der Waals surface area contributed by atoms with Gasteiger partial charge in [0.25, 0.3) is 0 Å². The molecule has 3 heteroatoms. The number of aryl methyl sites for hydroxylation is 1. The van der Waals surface area contributed by atoms with E-state index in [4.69, 9.17) is 5.73 Å². The van der Waals surface area contributed by atoms with E-state index in [0.717, 1.165) is 16.7 Å². The van der Waals surface area contributed by atoms with Crippen molar-refractivity contribution in [2.24, 2.45) is 5.73 Å². The summed E-state index contributed by atoms with van der Waals surface area (Å²) < 4.78 is 0. The van der Waals surface area contributed by atoms with Gasteiger partial charge < -0.3 is 5.73 Å². The van der Waals surface area contributed by atoms with E-state index in [2.05, 4.69) is 4.98 Å². The normalized spacial score (nSPS) is 10.1. The Bertz CT molecular complexity index is 535. The van der Waals surface area contributed by atoms with Crippen molar-refractivity contribution in [2.75, 3.05) is 0 Å². The maximum atomic E-state index is 11.1. The maximum Gasteiger partial charge on any atom is 0.248 e. The third-order valence-corrected chi connectivity index (χ3v) is 2.36. The lowest BCUT2D eigenvalue weighted by molar-refractivity contribution is 0.100. The second kappa shape index (κ2) is 4.14. The van der Waals surface area contributed by atoms with Gasteiger partial charge in [0, 0.05) is 23.5 Å². The Morgan fingerprint density at radius 1 is 1.19 bits per heavy atom. The molecular formula is C13H12N2O. The summed E-state index contributed by atoms with van der Waals surface area (Å²) in [6.07, 6.45) is 3.56. The van der Waals surface area contributed by atoms with E-state index in [1.54, 1.807) is 24.5 Å². The Hall–Kier alpha value is -2.16. The molecule has 3 nitrogen and oxygen atoms in total. The van der Waals surface area contributed by atoms with Crippen LogP contribution in [0, 0.1) is 6.92 Å². The highest BCUT2D eigenvalue weighted by molar-refractivity contribution is 5.94. The quantitative estimate of drug-likeness (QED) is 0.829. The molecule has 0 fully saturated rings. The van der Waals surface area contributed by atoms with Crippen molar-refractivity contribution < 1.29 is 4.79 Å². The molecular weight excluding hydrogens is 200 g/mol. The molecule has 0 saturated heterocycles. The van der Waals surface area contributed by atoms with E-state index in [9.17, 15) is 4.79 Å². The standard InChI is InChI=1S/C13H12N2O/c1-9-5-12(8-15-7-9)10-3-2-4-11(6-10)13(14)16/h2-8H,1H3,(H2,14,16). The second-order valence-corrected chi connectivity index (χ2v) is 3.70. The number of hydrogen-bond donors (Lipinski definition) is 1. The van der Waals surface area contributed by atoms with Crippen LogP contribution in [0.1, 0.15) is 15.9 Å². The van der Waals surface area contributed by atoms with Gasteiger partial charge in [0.2, 0.25) is 5.91 Å². The van der Waals surface area contributed by atoms with Crippen LogP contribution in [0.3, 0.4) is 0 Å². The highest BCUT2D eigenvalue weighted by Gasteiger charge is 2.03. The van der Waals surface area contributed by atoms with Crippen molar-refractivity contribution in [1.82, 2.24) is 4.98 Å². The minimum Gasteiger partial charge on any atom is -0.366 e. The number of hydrogen-bond acceptors (Lipinski definition) is 2. The van der Waals surface area contributed by atoms with E-state index in [0.29, 0.717) is 5.56 Å². The fourth-order valence-electron chi connectivity index (χ4n) is 1.56. The Morgan fingerprint density at radius 3 is 2.69 bits per heavy atom. The lowest BCUT2D eigenvalue weighted by Crippen LogP contribution is -2.10. The molecule has 0 aliphatic heterocycles. The Morgan fingerprint density at radius 2 is 2.00 bits per heavy atom. The zero-order valence-corrected chi connectivity index (χ0v) is 8.97. The number of carbonyl (C=O) groups is 1. The summed E-state index contributed by atoms with van der Waals surface area (Å²) in [5.74, 6) is -0.414. The minimum atomic E-state index is -0.414. The van der Waals surface area contributed by atoms with Crippen LogP contribution in [0.15, 0.2) is 42.7 Å². The monoisotopic (exact) mass is 212 g/mol. The van der Waals surface area contributed by atoms with Crippen LogP contribution in [0.2, 0.25) is 0 Å². The van der Waals surface area contributed by atoms with Gasteiger partial charge in [-0.3, -0.25) is 9.78 Å². The first-order chi connectivity index (χ1) is 7.66. The van der Waals surface area contributed by atoms with Crippen molar-refractivity contribution in [2.45, 2.75) is 6.92 Å². The number of nitrogens with zero attached hydrogens (tertiary/aromatic N) is 1. The third-order valence-electron chi connectivity index (χ3n) is 2.36. The van der Waals surface area contributed by atoms with Crippen LogP contribution < -0.4 is 5.73 Å². The molecule has 1 aromatic heterocycles. The van der Waals surface area contributed by atoms with E-state index >= 15 is 0 Å². The number of nitrogens with two attached hydrogens (primary N) is 1. The number of benzene rings is 1. The zero-order valence-electron chi connectivity index (χ0n) is 8.97. The summed E-state index contributed by atoms with van der Waals surface area (Å²) in [4.78, 5) is 15.2. The Labute approximate surface area is 93.9 Å². The molecule has 1 aromatic carbocycles. The number of aromatic nitrogens is 1. The van der Waals surface area contributed by atoms with Crippen LogP contribution in [0.5, 0.6) is 0 Å². The summed E-state index contributed by atoms with van der Waals surface area (Å²) in [5, 5.41) is 0. The molecule has 80 valence electrons. The molecule has 0 unspecified atom stereocenters. The van der Waals surface area contributed by atoms with E-state index < -0.39 is 5.91 Å². The number of carbonyl (C=O) groups excluding carboxylic acids is 1. The van der Waals surface area contributed by atoms with E-state index in [-0.39, 0.29) is 0 Å². The van der Waals surface area contributed by atoms with E-state index in [1.165, 1.54) is 0 Å². The lowest BCUT2D eigenvalue weighted by atomic mass is 10.0. The van der Waals surface area contributed by atoms with Crippen molar-refractivity contribution in [3.63, 3.8) is 0 Å². The number of amides is 1. The van der Waals surface area contributed by atoms with Gasteiger partial charge in [0.05, 0.1) is 0 Å². The predicted molar refractivity (Wildman–Crippen MR) is 62.9 cm³/mol. The molecule has 0 atom stereocenters. The molecule has 1 heterocycles. The van der Waals surface area contributed by atoms with Gasteiger partial charge in [-0.25, -0.2) is 0 Å². The van der Waals surface area contributed by atoms with Gasteiger partial charge in [-0.2, -0.15) is 0 Å². The lowest BCUT2D eigenvalue weighted by Gasteiger charge is -2.03. The molecule has 0 radical (unpaired) electrons. The topological polar surface area (TPSA) is 56.0 Å². The highest BCUT2D eigenvalue weighted by atomic mass is 16.1. The molecule has 1 amide bonds. The van der Waals surface area contributed by atoms with Crippen LogP contribution in [0.25, 0.3) is 11.1 Å². The zero-order chi connectivity index (χ0) is 11.5. The predicted octanol–water partition coefficient (Wildman–Crippen LogP) is 2.16. The molecule has 2 rings (SSSR count). The molecule has 0 spiro atoms. The van der Waals surface area contributed by atoms with Gasteiger partial charge >= 0.3 is 0 Å². The number of pyridine rings is 1.